The third kappa shape index (κ3) is 3.83. The fourth-order valence-electron chi connectivity index (χ4n) is 3.50. The number of thioether (sulfide) groups is 1. The second-order valence-corrected chi connectivity index (χ2v) is 13.1. The number of halogens is 2. The second kappa shape index (κ2) is 6.86. The number of hydrogen-bond donors (Lipinski definition) is 0. The van der Waals surface area contributed by atoms with Crippen molar-refractivity contribution in [3.63, 3.8) is 0 Å². The van der Waals surface area contributed by atoms with Crippen LogP contribution in [0, 0.1) is 0 Å². The first-order valence-electron chi connectivity index (χ1n) is 8.64. The molecule has 2 aromatic carbocycles. The molecule has 2 aromatic rings. The van der Waals surface area contributed by atoms with Gasteiger partial charge in [-0.3, -0.25) is 0 Å². The summed E-state index contributed by atoms with van der Waals surface area (Å²) in [7, 11) is -2.21. The molecule has 1 unspecified atom stereocenters. The Bertz CT molecular complexity index is 730. The molecule has 1 aliphatic rings. The van der Waals surface area contributed by atoms with E-state index < -0.39 is 19.2 Å². The molecule has 0 radical (unpaired) electrons. The summed E-state index contributed by atoms with van der Waals surface area (Å²) in [6.45, 7) is 5.94. The molecule has 0 saturated carbocycles. The van der Waals surface area contributed by atoms with Gasteiger partial charge in [0, 0.05) is 4.90 Å². The van der Waals surface area contributed by atoms with Crippen molar-refractivity contribution in [2.75, 3.05) is 0 Å². The average molecular weight is 379 g/mol. The fourth-order valence-corrected chi connectivity index (χ4v) is 5.97. The number of rotatable bonds is 5. The third-order valence-electron chi connectivity index (χ3n) is 4.37. The van der Waals surface area contributed by atoms with Crippen LogP contribution in [0.3, 0.4) is 0 Å². The number of benzene rings is 2. The van der Waals surface area contributed by atoms with Crippen LogP contribution in [0.5, 0.6) is 0 Å². The third-order valence-corrected chi connectivity index (χ3v) is 6.42. The van der Waals surface area contributed by atoms with Gasteiger partial charge in [-0.2, -0.15) is 8.78 Å². The molecule has 0 aliphatic heterocycles. The summed E-state index contributed by atoms with van der Waals surface area (Å²) in [5.41, 5.74) is 0.0877. The van der Waals surface area contributed by atoms with Crippen molar-refractivity contribution in [2.24, 2.45) is 0 Å². The molecule has 0 fully saturated rings. The molecule has 1 nitrogen and oxygen atoms in total. The van der Waals surface area contributed by atoms with Crippen LogP contribution in [0.15, 0.2) is 59.5 Å². The van der Waals surface area contributed by atoms with Gasteiger partial charge in [0.05, 0.1) is 0 Å². The lowest BCUT2D eigenvalue weighted by Crippen LogP contribution is -2.52. The lowest BCUT2D eigenvalue weighted by molar-refractivity contribution is -0.123. The number of hydrogen-bond acceptors (Lipinski definition) is 2. The smallest absolute Gasteiger partial charge is 0.329 e. The lowest BCUT2D eigenvalue weighted by Gasteiger charge is -2.47. The Morgan fingerprint density at radius 3 is 2.32 bits per heavy atom. The molecule has 25 heavy (non-hydrogen) atoms. The predicted octanol–water partition coefficient (Wildman–Crippen LogP) is 6.45. The number of fused-ring (bicyclic) bond motifs is 1. The van der Waals surface area contributed by atoms with Crippen LogP contribution in [0.4, 0.5) is 8.78 Å². The van der Waals surface area contributed by atoms with Crippen molar-refractivity contribution in [2.45, 2.75) is 54.7 Å². The Hall–Kier alpha value is -1.17. The summed E-state index contributed by atoms with van der Waals surface area (Å²) in [6.07, 6.45) is 1.90. The maximum atomic E-state index is 15.7. The summed E-state index contributed by atoms with van der Waals surface area (Å²) in [4.78, 5) is 0.564. The van der Waals surface area contributed by atoms with E-state index in [1.54, 1.807) is 24.3 Å². The molecular formula is C20H24F2OSSi. The molecule has 0 aromatic heterocycles. The van der Waals surface area contributed by atoms with Gasteiger partial charge in [0.1, 0.15) is 0 Å². The fraction of sp³-hybridized carbons (Fsp3) is 0.400. The maximum Gasteiger partial charge on any atom is 0.329 e. The minimum atomic E-state index is -3.05. The molecule has 1 aliphatic carbocycles. The SMILES string of the molecule is C[Si](C)(C)OC1(C(F)(F)Sc2ccccc2)CCCc2ccccc21. The quantitative estimate of drug-likeness (QED) is 0.436. The van der Waals surface area contributed by atoms with Gasteiger partial charge in [-0.25, -0.2) is 0 Å². The highest BCUT2D eigenvalue weighted by Crippen LogP contribution is 2.56. The molecule has 0 N–H and O–H groups in total. The Labute approximate surface area is 153 Å². The normalized spacial score (nSPS) is 21.0. The van der Waals surface area contributed by atoms with Crippen molar-refractivity contribution in [3.8, 4) is 0 Å². The predicted molar refractivity (Wildman–Crippen MR) is 103 cm³/mol. The van der Waals surface area contributed by atoms with Crippen molar-refractivity contribution in [1.82, 2.24) is 0 Å². The van der Waals surface area contributed by atoms with Crippen LogP contribution >= 0.6 is 11.8 Å². The van der Waals surface area contributed by atoms with E-state index in [2.05, 4.69) is 0 Å². The van der Waals surface area contributed by atoms with Gasteiger partial charge < -0.3 is 4.43 Å². The van der Waals surface area contributed by atoms with Crippen LogP contribution in [0.2, 0.25) is 19.6 Å². The minimum Gasteiger partial charge on any atom is -0.402 e. The largest absolute Gasteiger partial charge is 0.402 e. The molecule has 0 spiro atoms. The van der Waals surface area contributed by atoms with Gasteiger partial charge >= 0.3 is 5.25 Å². The van der Waals surface area contributed by atoms with Gasteiger partial charge in [0.25, 0.3) is 0 Å². The van der Waals surface area contributed by atoms with E-state index in [-0.39, 0.29) is 0 Å². The Balaban J connectivity index is 2.10. The molecule has 3 rings (SSSR count). The highest BCUT2D eigenvalue weighted by atomic mass is 32.2. The van der Waals surface area contributed by atoms with Crippen molar-refractivity contribution >= 4 is 20.1 Å². The average Bonchev–Trinajstić information content (AvgIpc) is 2.54. The second-order valence-electron chi connectivity index (χ2n) is 7.48. The van der Waals surface area contributed by atoms with Crippen LogP contribution < -0.4 is 0 Å². The summed E-state index contributed by atoms with van der Waals surface area (Å²) in [5, 5.41) is -3.05. The minimum absolute atomic E-state index is 0.348. The zero-order valence-electron chi connectivity index (χ0n) is 14.9. The van der Waals surface area contributed by atoms with E-state index in [1.165, 1.54) is 0 Å². The molecule has 0 saturated heterocycles. The van der Waals surface area contributed by atoms with Crippen LogP contribution in [-0.4, -0.2) is 13.6 Å². The molecule has 1 atom stereocenters. The summed E-state index contributed by atoms with van der Waals surface area (Å²) in [6, 6.07) is 16.4. The lowest BCUT2D eigenvalue weighted by atomic mass is 9.79. The topological polar surface area (TPSA) is 9.23 Å². The van der Waals surface area contributed by atoms with Crippen LogP contribution in [-0.2, 0) is 16.4 Å². The molecule has 134 valence electrons. The zero-order valence-corrected chi connectivity index (χ0v) is 16.7. The standard InChI is InChI=1S/C20H24F2OSSi/c1-25(2,3)23-19(15-9-11-16-10-7-8-14-18(16)19)20(21,22)24-17-12-5-4-6-13-17/h4-8,10,12-14H,9,11,15H2,1-3H3. The first-order valence-corrected chi connectivity index (χ1v) is 12.9. The van der Waals surface area contributed by atoms with Gasteiger partial charge in [-0.15, -0.1) is 0 Å². The molecule has 5 heteroatoms. The van der Waals surface area contributed by atoms with Gasteiger partial charge in [0.15, 0.2) is 13.9 Å². The molecular weight excluding hydrogens is 354 g/mol. The van der Waals surface area contributed by atoms with Gasteiger partial charge in [-0.05, 0) is 73.9 Å². The summed E-state index contributed by atoms with van der Waals surface area (Å²) >= 11 is 0.619. The summed E-state index contributed by atoms with van der Waals surface area (Å²) in [5.74, 6) is 0. The monoisotopic (exact) mass is 378 g/mol. The molecule has 0 bridgehead atoms. The first kappa shape index (κ1) is 18.6. The van der Waals surface area contributed by atoms with E-state index in [1.807, 2.05) is 50.0 Å². The van der Waals surface area contributed by atoms with Gasteiger partial charge in [0.2, 0.25) is 0 Å². The highest BCUT2D eigenvalue weighted by molar-refractivity contribution is 8.00. The van der Waals surface area contributed by atoms with E-state index in [0.29, 0.717) is 35.1 Å². The Morgan fingerprint density at radius 2 is 1.64 bits per heavy atom. The van der Waals surface area contributed by atoms with E-state index in [4.69, 9.17) is 4.43 Å². The van der Waals surface area contributed by atoms with Gasteiger partial charge in [-0.1, -0.05) is 42.5 Å². The van der Waals surface area contributed by atoms with Crippen LogP contribution in [0.1, 0.15) is 24.0 Å². The van der Waals surface area contributed by atoms with Crippen molar-refractivity contribution < 1.29 is 13.2 Å². The molecule has 0 amide bonds. The number of aryl methyl sites for hydroxylation is 1. The Morgan fingerprint density at radius 1 is 1.00 bits per heavy atom. The van der Waals surface area contributed by atoms with E-state index in [0.717, 1.165) is 12.0 Å². The number of alkyl halides is 2. The summed E-state index contributed by atoms with van der Waals surface area (Å²) < 4.78 is 37.7. The van der Waals surface area contributed by atoms with Crippen LogP contribution in [0.25, 0.3) is 0 Å². The maximum absolute atomic E-state index is 15.7. The van der Waals surface area contributed by atoms with E-state index >= 15 is 8.78 Å². The van der Waals surface area contributed by atoms with Crippen molar-refractivity contribution in [1.29, 1.82) is 0 Å². The van der Waals surface area contributed by atoms with Crippen molar-refractivity contribution in [3.05, 3.63) is 65.7 Å². The highest BCUT2D eigenvalue weighted by Gasteiger charge is 2.59. The zero-order chi connectivity index (χ0) is 18.1. The van der Waals surface area contributed by atoms with E-state index in [9.17, 15) is 0 Å². The first-order chi connectivity index (χ1) is 11.7. The molecule has 0 heterocycles. The Kier molecular flexibility index (Phi) is 5.10.